The maximum absolute atomic E-state index is 13.5. The van der Waals surface area contributed by atoms with Gasteiger partial charge in [-0.3, -0.25) is 14.5 Å². The first-order valence-electron chi connectivity index (χ1n) is 12.1. The van der Waals surface area contributed by atoms with E-state index in [1.165, 1.54) is 0 Å². The number of carbonyl (C=O) groups is 2. The van der Waals surface area contributed by atoms with Gasteiger partial charge in [0, 0.05) is 17.5 Å². The molecule has 186 valence electrons. The number of ether oxygens (including phenoxy) is 3. The number of para-hydroxylation sites is 1. The normalized spacial score (nSPS) is 18.8. The molecule has 1 atom stereocenters. The van der Waals surface area contributed by atoms with Gasteiger partial charge >= 0.3 is 5.97 Å². The smallest absolute Gasteiger partial charge is 0.309 e. The quantitative estimate of drug-likeness (QED) is 0.538. The van der Waals surface area contributed by atoms with E-state index in [9.17, 15) is 9.59 Å². The fourth-order valence-corrected chi connectivity index (χ4v) is 4.75. The van der Waals surface area contributed by atoms with Crippen LogP contribution in [0.2, 0.25) is 0 Å². The van der Waals surface area contributed by atoms with Crippen LogP contribution in [0.15, 0.2) is 53.6 Å². The lowest BCUT2D eigenvalue weighted by atomic mass is 9.96. The fraction of sp³-hybridized carbons (Fsp3) is 0.444. The van der Waals surface area contributed by atoms with E-state index in [4.69, 9.17) is 19.3 Å². The molecule has 2 aromatic rings. The summed E-state index contributed by atoms with van der Waals surface area (Å²) in [5.41, 5.74) is 2.68. The molecule has 0 aliphatic carbocycles. The molecule has 2 aliphatic rings. The minimum atomic E-state index is -0.267. The number of likely N-dealkylation sites (tertiary alicyclic amines) is 1. The summed E-state index contributed by atoms with van der Waals surface area (Å²) in [7, 11) is 3.27. The highest BCUT2D eigenvalue weighted by Crippen LogP contribution is 2.38. The first-order chi connectivity index (χ1) is 17.0. The zero-order valence-corrected chi connectivity index (χ0v) is 20.6. The van der Waals surface area contributed by atoms with E-state index < -0.39 is 0 Å². The Morgan fingerprint density at radius 1 is 1.03 bits per heavy atom. The van der Waals surface area contributed by atoms with Crippen LogP contribution in [-0.2, 0) is 14.3 Å². The average Bonchev–Trinajstić information content (AvgIpc) is 3.35. The molecule has 2 aliphatic heterocycles. The zero-order valence-electron chi connectivity index (χ0n) is 20.6. The van der Waals surface area contributed by atoms with Crippen molar-refractivity contribution in [2.45, 2.75) is 32.2 Å². The fourth-order valence-electron chi connectivity index (χ4n) is 4.75. The number of hydrazone groups is 1. The molecular formula is C27H33N3O5. The number of hydrogen-bond donors (Lipinski definition) is 0. The number of amides is 1. The number of nitrogens with zero attached hydrogens (tertiary/aromatic N) is 3. The highest BCUT2D eigenvalue weighted by molar-refractivity contribution is 6.03. The number of hydrogen-bond acceptors (Lipinski definition) is 7. The molecule has 2 heterocycles. The molecule has 2 aromatic carbocycles. The van der Waals surface area contributed by atoms with Crippen LogP contribution in [-0.4, -0.2) is 68.0 Å². The van der Waals surface area contributed by atoms with Crippen molar-refractivity contribution in [2.75, 3.05) is 40.5 Å². The van der Waals surface area contributed by atoms with Gasteiger partial charge in [-0.1, -0.05) is 30.3 Å². The summed E-state index contributed by atoms with van der Waals surface area (Å²) in [5.74, 6) is 1.17. The van der Waals surface area contributed by atoms with Gasteiger partial charge in [-0.2, -0.15) is 5.10 Å². The third-order valence-corrected chi connectivity index (χ3v) is 6.63. The third kappa shape index (κ3) is 5.65. The average molecular weight is 480 g/mol. The van der Waals surface area contributed by atoms with Crippen molar-refractivity contribution in [1.29, 1.82) is 0 Å². The second-order valence-corrected chi connectivity index (χ2v) is 8.78. The molecule has 35 heavy (non-hydrogen) atoms. The van der Waals surface area contributed by atoms with Crippen molar-refractivity contribution in [3.8, 4) is 11.5 Å². The maximum atomic E-state index is 13.5. The number of benzene rings is 2. The standard InChI is InChI=1S/C27H33N3O5/c1-4-35-27(32)19-12-14-29(15-13-19)18-26(31)30-24(22-10-5-6-11-25(22)34-3)17-23(28-30)20-8-7-9-21(16-20)33-2/h5-11,16,19,24H,4,12-15,17-18H2,1-3H3. The Balaban J connectivity index is 1.53. The molecule has 1 unspecified atom stereocenters. The molecule has 0 saturated carbocycles. The summed E-state index contributed by atoms with van der Waals surface area (Å²) in [4.78, 5) is 27.7. The minimum Gasteiger partial charge on any atom is -0.497 e. The van der Waals surface area contributed by atoms with Crippen molar-refractivity contribution >= 4 is 17.6 Å². The highest BCUT2D eigenvalue weighted by Gasteiger charge is 2.36. The summed E-state index contributed by atoms with van der Waals surface area (Å²) < 4.78 is 16.1. The lowest BCUT2D eigenvalue weighted by molar-refractivity contribution is -0.149. The van der Waals surface area contributed by atoms with E-state index in [0.29, 0.717) is 39.0 Å². The van der Waals surface area contributed by atoms with Crippen molar-refractivity contribution in [1.82, 2.24) is 9.91 Å². The van der Waals surface area contributed by atoms with Crippen LogP contribution in [0.4, 0.5) is 0 Å². The van der Waals surface area contributed by atoms with Gasteiger partial charge in [0.25, 0.3) is 5.91 Å². The number of carbonyl (C=O) groups excluding carboxylic acids is 2. The Morgan fingerprint density at radius 3 is 2.51 bits per heavy atom. The Hall–Kier alpha value is -3.39. The summed E-state index contributed by atoms with van der Waals surface area (Å²) in [5, 5.41) is 6.39. The molecule has 1 fully saturated rings. The van der Waals surface area contributed by atoms with Crippen molar-refractivity contribution in [3.63, 3.8) is 0 Å². The van der Waals surface area contributed by atoms with E-state index in [1.807, 2.05) is 55.5 Å². The van der Waals surface area contributed by atoms with Gasteiger partial charge < -0.3 is 14.2 Å². The molecular weight excluding hydrogens is 446 g/mol. The van der Waals surface area contributed by atoms with Gasteiger partial charge in [-0.25, -0.2) is 5.01 Å². The molecule has 0 radical (unpaired) electrons. The number of methoxy groups -OCH3 is 2. The van der Waals surface area contributed by atoms with Gasteiger partial charge in [0.05, 0.1) is 45.0 Å². The SMILES string of the molecule is CCOC(=O)C1CCN(CC(=O)N2N=C(c3cccc(OC)c3)CC2c2ccccc2OC)CC1. The second-order valence-electron chi connectivity index (χ2n) is 8.78. The topological polar surface area (TPSA) is 80.7 Å². The molecule has 4 rings (SSSR count). The number of esters is 1. The van der Waals surface area contributed by atoms with E-state index in [2.05, 4.69) is 4.90 Å². The highest BCUT2D eigenvalue weighted by atomic mass is 16.5. The van der Waals surface area contributed by atoms with Crippen LogP contribution in [0.25, 0.3) is 0 Å². The summed E-state index contributed by atoms with van der Waals surface area (Å²) in [6, 6.07) is 15.2. The van der Waals surface area contributed by atoms with Crippen LogP contribution < -0.4 is 9.47 Å². The lowest BCUT2D eigenvalue weighted by Gasteiger charge is -2.32. The first kappa shape index (κ1) is 24.7. The van der Waals surface area contributed by atoms with Crippen LogP contribution in [0.3, 0.4) is 0 Å². The van der Waals surface area contributed by atoms with Crippen molar-refractivity contribution < 1.29 is 23.8 Å². The zero-order chi connectivity index (χ0) is 24.8. The predicted molar refractivity (Wildman–Crippen MR) is 133 cm³/mol. The molecule has 8 nitrogen and oxygen atoms in total. The molecule has 1 amide bonds. The third-order valence-electron chi connectivity index (χ3n) is 6.63. The Labute approximate surface area is 206 Å². The Morgan fingerprint density at radius 2 is 1.80 bits per heavy atom. The molecule has 0 bridgehead atoms. The Kier molecular flexibility index (Phi) is 8.02. The van der Waals surface area contributed by atoms with Crippen LogP contribution in [0.5, 0.6) is 11.5 Å². The van der Waals surface area contributed by atoms with Gasteiger partial charge in [0.2, 0.25) is 0 Å². The molecule has 1 saturated heterocycles. The van der Waals surface area contributed by atoms with Crippen LogP contribution in [0.1, 0.15) is 43.4 Å². The van der Waals surface area contributed by atoms with Gasteiger partial charge in [0.1, 0.15) is 11.5 Å². The predicted octanol–water partition coefficient (Wildman–Crippen LogP) is 3.66. The Bertz CT molecular complexity index is 1080. The van der Waals surface area contributed by atoms with Gasteiger partial charge in [-0.05, 0) is 51.1 Å². The monoisotopic (exact) mass is 479 g/mol. The molecule has 0 aromatic heterocycles. The second kappa shape index (κ2) is 11.4. The first-order valence-corrected chi connectivity index (χ1v) is 12.1. The molecule has 0 spiro atoms. The summed E-state index contributed by atoms with van der Waals surface area (Å²) in [6.45, 7) is 3.81. The summed E-state index contributed by atoms with van der Waals surface area (Å²) >= 11 is 0. The van der Waals surface area contributed by atoms with Crippen molar-refractivity contribution in [2.24, 2.45) is 11.0 Å². The van der Waals surface area contributed by atoms with Gasteiger partial charge in [-0.15, -0.1) is 0 Å². The van der Waals surface area contributed by atoms with Crippen molar-refractivity contribution in [3.05, 3.63) is 59.7 Å². The summed E-state index contributed by atoms with van der Waals surface area (Å²) in [6.07, 6.45) is 1.96. The number of rotatable bonds is 8. The minimum absolute atomic E-state index is 0.0756. The molecule has 8 heteroatoms. The number of piperidine rings is 1. The largest absolute Gasteiger partial charge is 0.497 e. The van der Waals surface area contributed by atoms with Crippen LogP contribution in [0, 0.1) is 5.92 Å². The molecule has 0 N–H and O–H groups in total. The van der Waals surface area contributed by atoms with E-state index in [1.54, 1.807) is 19.2 Å². The maximum Gasteiger partial charge on any atom is 0.309 e. The van der Waals surface area contributed by atoms with E-state index >= 15 is 0 Å². The van der Waals surface area contributed by atoms with E-state index in [0.717, 1.165) is 28.3 Å². The van der Waals surface area contributed by atoms with E-state index in [-0.39, 0.29) is 30.4 Å². The lowest BCUT2D eigenvalue weighted by Crippen LogP contribution is -2.43. The van der Waals surface area contributed by atoms with Gasteiger partial charge in [0.15, 0.2) is 0 Å². The van der Waals surface area contributed by atoms with Crippen LogP contribution >= 0.6 is 0 Å².